The van der Waals surface area contributed by atoms with Crippen molar-refractivity contribution in [3.63, 3.8) is 0 Å². The Morgan fingerprint density at radius 3 is 3.00 bits per heavy atom. The summed E-state index contributed by atoms with van der Waals surface area (Å²) in [6.07, 6.45) is 4.95. The minimum absolute atomic E-state index is 0.908. The van der Waals surface area contributed by atoms with E-state index in [4.69, 9.17) is 4.74 Å². The molecule has 17 heavy (non-hydrogen) atoms. The number of para-hydroxylation sites is 1. The summed E-state index contributed by atoms with van der Waals surface area (Å²) in [5, 5.41) is 8.33. The molecule has 0 aliphatic heterocycles. The third-order valence-electron chi connectivity index (χ3n) is 2.66. The lowest BCUT2D eigenvalue weighted by atomic mass is 10.2. The molecule has 0 aliphatic rings. The summed E-state index contributed by atoms with van der Waals surface area (Å²) in [6, 6.07) is 7.94. The van der Waals surface area contributed by atoms with E-state index in [0.717, 1.165) is 36.0 Å². The van der Waals surface area contributed by atoms with E-state index in [1.807, 2.05) is 28.9 Å². The summed E-state index contributed by atoms with van der Waals surface area (Å²) >= 11 is 0. The summed E-state index contributed by atoms with van der Waals surface area (Å²) in [5.41, 5.74) is 2.97. The molecule has 0 N–H and O–H groups in total. The van der Waals surface area contributed by atoms with Crippen LogP contribution < -0.4 is 0 Å². The molecule has 0 unspecified atom stereocenters. The van der Waals surface area contributed by atoms with Crippen molar-refractivity contribution in [2.75, 3.05) is 7.11 Å². The van der Waals surface area contributed by atoms with E-state index < -0.39 is 0 Å². The van der Waals surface area contributed by atoms with Gasteiger partial charge in [0.25, 0.3) is 0 Å². The van der Waals surface area contributed by atoms with Crippen LogP contribution in [0.15, 0.2) is 30.5 Å². The maximum atomic E-state index is 5.12. The van der Waals surface area contributed by atoms with Crippen LogP contribution in [0.2, 0.25) is 0 Å². The predicted molar refractivity (Wildman–Crippen MR) is 68.3 cm³/mol. The molecule has 0 spiro atoms. The van der Waals surface area contributed by atoms with Crippen molar-refractivity contribution in [3.8, 4) is 0 Å². The summed E-state index contributed by atoms with van der Waals surface area (Å²) < 4.78 is 6.98. The highest BCUT2D eigenvalue weighted by molar-refractivity contribution is 5.77. The maximum Gasteiger partial charge on any atom is 0.113 e. The molecule has 0 fully saturated rings. The van der Waals surface area contributed by atoms with Crippen LogP contribution in [0.25, 0.3) is 16.7 Å². The van der Waals surface area contributed by atoms with E-state index in [1.54, 1.807) is 13.4 Å². The second kappa shape index (κ2) is 5.48. The molecule has 0 saturated heterocycles. The van der Waals surface area contributed by atoms with Crippen LogP contribution in [0.1, 0.15) is 26.2 Å². The molecular formula is C13H17N3O. The number of benzene rings is 1. The number of allylic oxidation sites excluding steroid dienone is 1. The summed E-state index contributed by atoms with van der Waals surface area (Å²) in [7, 11) is 1.66. The van der Waals surface area contributed by atoms with Gasteiger partial charge in [0.1, 0.15) is 11.8 Å². The average Bonchev–Trinajstić information content (AvgIpc) is 2.78. The van der Waals surface area contributed by atoms with Crippen LogP contribution in [0.3, 0.4) is 0 Å². The molecule has 0 amide bonds. The molecule has 0 atom stereocenters. The fourth-order valence-electron chi connectivity index (χ4n) is 1.79. The molecule has 1 aromatic carbocycles. The minimum atomic E-state index is 0.908. The lowest BCUT2D eigenvalue weighted by molar-refractivity contribution is 0.336. The van der Waals surface area contributed by atoms with Gasteiger partial charge in [-0.15, -0.1) is 5.10 Å². The van der Waals surface area contributed by atoms with Crippen LogP contribution in [-0.4, -0.2) is 22.1 Å². The molecule has 1 aromatic heterocycles. The predicted octanol–water partition coefficient (Wildman–Crippen LogP) is 3.07. The van der Waals surface area contributed by atoms with Crippen LogP contribution in [0.5, 0.6) is 0 Å². The minimum Gasteiger partial charge on any atom is -0.502 e. The molecular weight excluding hydrogens is 214 g/mol. The molecule has 0 aliphatic carbocycles. The van der Waals surface area contributed by atoms with Gasteiger partial charge >= 0.3 is 0 Å². The number of hydrogen-bond acceptors (Lipinski definition) is 3. The molecule has 4 heteroatoms. The molecule has 2 aromatic rings. The molecule has 4 nitrogen and oxygen atoms in total. The number of fused-ring (bicyclic) bond motifs is 1. The highest BCUT2D eigenvalue weighted by Crippen LogP contribution is 2.18. The quantitative estimate of drug-likeness (QED) is 0.742. The Morgan fingerprint density at radius 2 is 2.24 bits per heavy atom. The van der Waals surface area contributed by atoms with Crippen LogP contribution >= 0.6 is 0 Å². The highest BCUT2D eigenvalue weighted by Gasteiger charge is 2.08. The van der Waals surface area contributed by atoms with Crippen molar-refractivity contribution < 1.29 is 4.74 Å². The molecule has 0 saturated carbocycles. The first kappa shape index (κ1) is 11.6. The molecule has 2 rings (SSSR count). The van der Waals surface area contributed by atoms with Gasteiger partial charge in [-0.1, -0.05) is 30.7 Å². The molecule has 1 heterocycles. The first-order chi connectivity index (χ1) is 8.36. The van der Waals surface area contributed by atoms with E-state index in [0.29, 0.717) is 0 Å². The molecule has 0 radical (unpaired) electrons. The number of ether oxygens (including phenoxy) is 1. The van der Waals surface area contributed by atoms with Gasteiger partial charge in [0.05, 0.1) is 18.3 Å². The fraction of sp³-hybridized carbons (Fsp3) is 0.385. The van der Waals surface area contributed by atoms with Crippen molar-refractivity contribution >= 4 is 16.7 Å². The first-order valence-electron chi connectivity index (χ1n) is 5.89. The summed E-state index contributed by atoms with van der Waals surface area (Å²) in [5.74, 6) is 0. The SMILES string of the molecule is CCCC/C(=C\OC)n1nnc2ccccc21. The zero-order valence-corrected chi connectivity index (χ0v) is 10.3. The topological polar surface area (TPSA) is 39.9 Å². The number of rotatable bonds is 5. The van der Waals surface area contributed by atoms with Crippen LogP contribution in [0, 0.1) is 0 Å². The highest BCUT2D eigenvalue weighted by atomic mass is 16.5. The Labute approximate surface area is 101 Å². The lowest BCUT2D eigenvalue weighted by Gasteiger charge is -2.06. The number of nitrogens with zero attached hydrogens (tertiary/aromatic N) is 3. The zero-order valence-electron chi connectivity index (χ0n) is 10.3. The van der Waals surface area contributed by atoms with E-state index in [9.17, 15) is 0 Å². The van der Waals surface area contributed by atoms with E-state index in [-0.39, 0.29) is 0 Å². The smallest absolute Gasteiger partial charge is 0.113 e. The Hall–Kier alpha value is -1.84. The van der Waals surface area contributed by atoms with Gasteiger partial charge in [-0.2, -0.15) is 0 Å². The van der Waals surface area contributed by atoms with Crippen molar-refractivity contribution in [1.82, 2.24) is 15.0 Å². The average molecular weight is 231 g/mol. The largest absolute Gasteiger partial charge is 0.502 e. The molecule has 90 valence electrons. The maximum absolute atomic E-state index is 5.12. The number of unbranched alkanes of at least 4 members (excludes halogenated alkanes) is 1. The Bertz CT molecular complexity index is 516. The number of aromatic nitrogens is 3. The van der Waals surface area contributed by atoms with Crippen LogP contribution in [-0.2, 0) is 4.74 Å². The van der Waals surface area contributed by atoms with Gasteiger partial charge in [0, 0.05) is 0 Å². The number of methoxy groups -OCH3 is 1. The third-order valence-corrected chi connectivity index (χ3v) is 2.66. The van der Waals surface area contributed by atoms with Crippen LogP contribution in [0.4, 0.5) is 0 Å². The van der Waals surface area contributed by atoms with Crippen molar-refractivity contribution in [2.45, 2.75) is 26.2 Å². The van der Waals surface area contributed by atoms with Gasteiger partial charge in [0.2, 0.25) is 0 Å². The van der Waals surface area contributed by atoms with Gasteiger partial charge in [-0.3, -0.25) is 0 Å². The second-order valence-corrected chi connectivity index (χ2v) is 3.94. The van der Waals surface area contributed by atoms with E-state index in [2.05, 4.69) is 17.2 Å². The van der Waals surface area contributed by atoms with Crippen molar-refractivity contribution in [3.05, 3.63) is 30.5 Å². The lowest BCUT2D eigenvalue weighted by Crippen LogP contribution is -2.00. The van der Waals surface area contributed by atoms with Gasteiger partial charge in [0.15, 0.2) is 0 Å². The Morgan fingerprint density at radius 1 is 1.41 bits per heavy atom. The van der Waals surface area contributed by atoms with Gasteiger partial charge in [-0.25, -0.2) is 4.68 Å². The number of hydrogen-bond donors (Lipinski definition) is 0. The Kier molecular flexibility index (Phi) is 3.75. The third kappa shape index (κ3) is 2.46. The van der Waals surface area contributed by atoms with Crippen molar-refractivity contribution in [1.29, 1.82) is 0 Å². The monoisotopic (exact) mass is 231 g/mol. The first-order valence-corrected chi connectivity index (χ1v) is 5.89. The van der Waals surface area contributed by atoms with Gasteiger partial charge < -0.3 is 4.74 Å². The summed E-state index contributed by atoms with van der Waals surface area (Å²) in [4.78, 5) is 0. The normalized spacial score (nSPS) is 12.0. The fourth-order valence-corrected chi connectivity index (χ4v) is 1.79. The van der Waals surface area contributed by atoms with E-state index >= 15 is 0 Å². The zero-order chi connectivity index (χ0) is 12.1. The second-order valence-electron chi connectivity index (χ2n) is 3.94. The molecule has 0 bridgehead atoms. The van der Waals surface area contributed by atoms with Crippen molar-refractivity contribution in [2.24, 2.45) is 0 Å². The Balaban J connectivity index is 2.38. The van der Waals surface area contributed by atoms with E-state index in [1.165, 1.54) is 0 Å². The standard InChI is InChI=1S/C13H17N3O/c1-3-4-7-11(10-17-2)16-13-9-6-5-8-12(13)14-15-16/h5-6,8-10H,3-4,7H2,1-2H3/b11-10+. The van der Waals surface area contributed by atoms with Gasteiger partial charge in [-0.05, 0) is 25.0 Å². The summed E-state index contributed by atoms with van der Waals surface area (Å²) in [6.45, 7) is 2.17.